The van der Waals surface area contributed by atoms with Crippen molar-refractivity contribution in [3.63, 3.8) is 0 Å². The average molecular weight is 221 g/mol. The Balaban J connectivity index is 1.88. The molecule has 3 heteroatoms. The lowest BCUT2D eigenvalue weighted by atomic mass is 10.2. The Morgan fingerprint density at radius 1 is 1.56 bits per heavy atom. The van der Waals surface area contributed by atoms with Crippen molar-refractivity contribution in [2.75, 3.05) is 13.1 Å². The highest BCUT2D eigenvalue weighted by Crippen LogP contribution is 2.47. The Hall–Kier alpha value is -0.830. The van der Waals surface area contributed by atoms with Gasteiger partial charge in [-0.1, -0.05) is 6.92 Å². The van der Waals surface area contributed by atoms with E-state index in [0.717, 1.165) is 18.4 Å². The van der Waals surface area contributed by atoms with Crippen molar-refractivity contribution in [3.05, 3.63) is 18.2 Å². The van der Waals surface area contributed by atoms with Crippen molar-refractivity contribution in [3.8, 4) is 0 Å². The van der Waals surface area contributed by atoms with Crippen LogP contribution >= 0.6 is 0 Å². The molecule has 90 valence electrons. The van der Waals surface area contributed by atoms with E-state index in [4.69, 9.17) is 0 Å². The molecule has 2 atom stereocenters. The zero-order valence-electron chi connectivity index (χ0n) is 10.6. The van der Waals surface area contributed by atoms with Crippen molar-refractivity contribution >= 4 is 0 Å². The predicted octanol–water partition coefficient (Wildman–Crippen LogP) is 2.57. The fraction of sp³-hybridized carbons (Fsp3) is 0.769. The maximum Gasteiger partial charge on any atom is 0.0950 e. The van der Waals surface area contributed by atoms with Crippen LogP contribution in [0.15, 0.2) is 12.5 Å². The summed E-state index contributed by atoms with van der Waals surface area (Å²) >= 11 is 0. The summed E-state index contributed by atoms with van der Waals surface area (Å²) < 4.78 is 2.31. The SMILES string of the molecule is CCCNCC1CC1c1cncn1C(C)C. The van der Waals surface area contributed by atoms with E-state index in [1.54, 1.807) is 0 Å². The summed E-state index contributed by atoms with van der Waals surface area (Å²) in [6.45, 7) is 8.97. The van der Waals surface area contributed by atoms with Crippen molar-refractivity contribution in [2.45, 2.75) is 45.6 Å². The molecule has 0 saturated heterocycles. The molecular formula is C13H23N3. The van der Waals surface area contributed by atoms with E-state index in [9.17, 15) is 0 Å². The third-order valence-electron chi connectivity index (χ3n) is 3.39. The molecule has 1 aliphatic rings. The normalized spacial score (nSPS) is 24.0. The molecule has 2 unspecified atom stereocenters. The molecule has 1 heterocycles. The van der Waals surface area contributed by atoms with Gasteiger partial charge in [0.25, 0.3) is 0 Å². The van der Waals surface area contributed by atoms with Crippen molar-refractivity contribution in [1.29, 1.82) is 0 Å². The number of nitrogens with one attached hydrogen (secondary N) is 1. The van der Waals surface area contributed by atoms with Crippen LogP contribution in [0.5, 0.6) is 0 Å². The topological polar surface area (TPSA) is 29.9 Å². The maximum atomic E-state index is 4.28. The molecule has 2 rings (SSSR count). The minimum atomic E-state index is 0.530. The van der Waals surface area contributed by atoms with Gasteiger partial charge in [-0.05, 0) is 45.7 Å². The quantitative estimate of drug-likeness (QED) is 0.748. The zero-order chi connectivity index (χ0) is 11.5. The first kappa shape index (κ1) is 11.6. The van der Waals surface area contributed by atoms with Crippen LogP contribution in [0, 0.1) is 5.92 Å². The molecule has 1 aliphatic carbocycles. The summed E-state index contributed by atoms with van der Waals surface area (Å²) in [6.07, 6.45) is 6.57. The lowest BCUT2D eigenvalue weighted by Crippen LogP contribution is -2.18. The van der Waals surface area contributed by atoms with Crippen molar-refractivity contribution in [1.82, 2.24) is 14.9 Å². The molecule has 1 aromatic rings. The molecule has 1 aromatic heterocycles. The van der Waals surface area contributed by atoms with Crippen LogP contribution in [0.2, 0.25) is 0 Å². The van der Waals surface area contributed by atoms with Gasteiger partial charge in [0.15, 0.2) is 0 Å². The van der Waals surface area contributed by atoms with Crippen LogP contribution in [0.3, 0.4) is 0 Å². The van der Waals surface area contributed by atoms with Crippen LogP contribution in [0.4, 0.5) is 0 Å². The molecule has 0 aromatic carbocycles. The van der Waals surface area contributed by atoms with Gasteiger partial charge in [0.2, 0.25) is 0 Å². The number of hydrogen-bond acceptors (Lipinski definition) is 2. The molecule has 0 spiro atoms. The van der Waals surface area contributed by atoms with Crippen molar-refractivity contribution in [2.24, 2.45) is 5.92 Å². The Bertz CT molecular complexity index is 330. The number of rotatable bonds is 6. The van der Waals surface area contributed by atoms with Gasteiger partial charge in [-0.25, -0.2) is 4.98 Å². The second kappa shape index (κ2) is 5.00. The lowest BCUT2D eigenvalue weighted by Gasteiger charge is -2.11. The minimum absolute atomic E-state index is 0.530. The summed E-state index contributed by atoms with van der Waals surface area (Å²) in [4.78, 5) is 4.28. The Morgan fingerprint density at radius 2 is 2.38 bits per heavy atom. The first-order chi connectivity index (χ1) is 7.74. The molecule has 0 bridgehead atoms. The molecule has 3 nitrogen and oxygen atoms in total. The summed E-state index contributed by atoms with van der Waals surface area (Å²) in [5.74, 6) is 1.58. The fourth-order valence-corrected chi connectivity index (χ4v) is 2.33. The van der Waals surface area contributed by atoms with Gasteiger partial charge in [-0.15, -0.1) is 0 Å². The van der Waals surface area contributed by atoms with Gasteiger partial charge in [0.1, 0.15) is 0 Å². The molecule has 0 aliphatic heterocycles. The van der Waals surface area contributed by atoms with Gasteiger partial charge < -0.3 is 9.88 Å². The molecule has 1 saturated carbocycles. The third-order valence-corrected chi connectivity index (χ3v) is 3.39. The lowest BCUT2D eigenvalue weighted by molar-refractivity contribution is 0.560. The number of imidazole rings is 1. The summed E-state index contributed by atoms with van der Waals surface area (Å²) in [7, 11) is 0. The van der Waals surface area contributed by atoms with Gasteiger partial charge in [-0.2, -0.15) is 0 Å². The third kappa shape index (κ3) is 2.46. The van der Waals surface area contributed by atoms with Gasteiger partial charge in [0.05, 0.1) is 6.33 Å². The van der Waals surface area contributed by atoms with E-state index < -0.39 is 0 Å². The monoisotopic (exact) mass is 221 g/mol. The summed E-state index contributed by atoms with van der Waals surface area (Å²) in [6, 6.07) is 0.530. The highest BCUT2D eigenvalue weighted by Gasteiger charge is 2.39. The predicted molar refractivity (Wildman–Crippen MR) is 66.6 cm³/mol. The van der Waals surface area contributed by atoms with Crippen LogP contribution in [0.1, 0.15) is 51.3 Å². The Kier molecular flexibility index (Phi) is 3.64. The standard InChI is InChI=1S/C13H23N3/c1-4-5-14-7-11-6-12(11)13-8-15-9-16(13)10(2)3/h8-12,14H,4-7H2,1-3H3. The van der Waals surface area contributed by atoms with Crippen LogP contribution in [-0.2, 0) is 0 Å². The molecule has 0 radical (unpaired) electrons. The van der Waals surface area contributed by atoms with Gasteiger partial charge >= 0.3 is 0 Å². The fourth-order valence-electron chi connectivity index (χ4n) is 2.33. The second-order valence-corrected chi connectivity index (χ2v) is 5.13. The van der Waals surface area contributed by atoms with Crippen LogP contribution in [0.25, 0.3) is 0 Å². The molecule has 1 N–H and O–H groups in total. The van der Waals surface area contributed by atoms with Crippen LogP contribution in [-0.4, -0.2) is 22.6 Å². The maximum absolute atomic E-state index is 4.28. The molecule has 1 fully saturated rings. The highest BCUT2D eigenvalue weighted by atomic mass is 15.1. The summed E-state index contributed by atoms with van der Waals surface area (Å²) in [5, 5.41) is 3.51. The van der Waals surface area contributed by atoms with E-state index in [1.165, 1.54) is 25.1 Å². The van der Waals surface area contributed by atoms with E-state index in [1.807, 2.05) is 12.5 Å². The van der Waals surface area contributed by atoms with Gasteiger partial charge in [0, 0.05) is 23.9 Å². The summed E-state index contributed by atoms with van der Waals surface area (Å²) in [5.41, 5.74) is 1.43. The number of hydrogen-bond donors (Lipinski definition) is 1. The first-order valence-electron chi connectivity index (χ1n) is 6.46. The van der Waals surface area contributed by atoms with E-state index in [-0.39, 0.29) is 0 Å². The average Bonchev–Trinajstić information content (AvgIpc) is 2.85. The molecule has 16 heavy (non-hydrogen) atoms. The molecular weight excluding hydrogens is 198 g/mol. The van der Waals surface area contributed by atoms with E-state index >= 15 is 0 Å². The Morgan fingerprint density at radius 3 is 3.06 bits per heavy atom. The van der Waals surface area contributed by atoms with Crippen molar-refractivity contribution < 1.29 is 0 Å². The minimum Gasteiger partial charge on any atom is -0.332 e. The smallest absolute Gasteiger partial charge is 0.0950 e. The van der Waals surface area contributed by atoms with Gasteiger partial charge in [-0.3, -0.25) is 0 Å². The number of aromatic nitrogens is 2. The first-order valence-corrected chi connectivity index (χ1v) is 6.46. The largest absolute Gasteiger partial charge is 0.332 e. The van der Waals surface area contributed by atoms with Crippen LogP contribution < -0.4 is 5.32 Å². The van der Waals surface area contributed by atoms with E-state index in [0.29, 0.717) is 6.04 Å². The number of nitrogens with zero attached hydrogens (tertiary/aromatic N) is 2. The highest BCUT2D eigenvalue weighted by molar-refractivity contribution is 5.17. The second-order valence-electron chi connectivity index (χ2n) is 5.13. The zero-order valence-corrected chi connectivity index (χ0v) is 10.6. The van der Waals surface area contributed by atoms with E-state index in [2.05, 4.69) is 35.6 Å². The molecule has 0 amide bonds. The Labute approximate surface area is 98.3 Å².